The second-order valence-corrected chi connectivity index (χ2v) is 3.67. The van der Waals surface area contributed by atoms with Gasteiger partial charge in [0.25, 0.3) is 0 Å². The molecule has 2 fully saturated rings. The molecule has 1 saturated carbocycles. The van der Waals surface area contributed by atoms with Crippen LogP contribution in [0.2, 0.25) is 0 Å². The van der Waals surface area contributed by atoms with Crippen LogP contribution in [0, 0.1) is 5.41 Å². The maximum absolute atomic E-state index is 9.19. The molecule has 58 valence electrons. The van der Waals surface area contributed by atoms with E-state index in [1.54, 1.807) is 0 Å². The van der Waals surface area contributed by atoms with Gasteiger partial charge >= 0.3 is 0 Å². The predicted octanol–water partition coefficient (Wildman–Crippen LogP) is 0.511. The van der Waals surface area contributed by atoms with Gasteiger partial charge < -0.3 is 10.4 Å². The van der Waals surface area contributed by atoms with Gasteiger partial charge in [0.05, 0.1) is 6.61 Å². The Morgan fingerprint density at radius 2 is 2.40 bits per heavy atom. The molecule has 0 bridgehead atoms. The summed E-state index contributed by atoms with van der Waals surface area (Å²) in [4.78, 5) is 0. The fourth-order valence-corrected chi connectivity index (χ4v) is 2.52. The first-order chi connectivity index (χ1) is 4.87. The zero-order valence-electron chi connectivity index (χ0n) is 6.27. The molecule has 1 heterocycles. The monoisotopic (exact) mass is 141 g/mol. The Morgan fingerprint density at radius 1 is 1.50 bits per heavy atom. The molecule has 2 aliphatic rings. The van der Waals surface area contributed by atoms with E-state index >= 15 is 0 Å². The lowest BCUT2D eigenvalue weighted by molar-refractivity contribution is 0.128. The van der Waals surface area contributed by atoms with Gasteiger partial charge in [0, 0.05) is 11.5 Å². The first-order valence-corrected chi connectivity index (χ1v) is 4.22. The fraction of sp³-hybridized carbons (Fsp3) is 1.00. The molecule has 2 nitrogen and oxygen atoms in total. The summed E-state index contributed by atoms with van der Waals surface area (Å²) in [6, 6.07) is 0.637. The number of aliphatic hydroxyl groups is 1. The standard InChI is InChI=1S/C8H15NO/c10-6-8-3-1-2-7(8)9-5-4-8/h7,9-10H,1-6H2/t7-,8+/m0/s1. The summed E-state index contributed by atoms with van der Waals surface area (Å²) in [5, 5.41) is 12.6. The van der Waals surface area contributed by atoms with E-state index in [4.69, 9.17) is 0 Å². The summed E-state index contributed by atoms with van der Waals surface area (Å²) >= 11 is 0. The van der Waals surface area contributed by atoms with E-state index in [2.05, 4.69) is 5.32 Å². The van der Waals surface area contributed by atoms with Crippen molar-refractivity contribution in [2.24, 2.45) is 5.41 Å². The second-order valence-electron chi connectivity index (χ2n) is 3.67. The summed E-state index contributed by atoms with van der Waals surface area (Å²) in [6.07, 6.45) is 5.01. The molecule has 2 heteroatoms. The van der Waals surface area contributed by atoms with Gasteiger partial charge in [-0.15, -0.1) is 0 Å². The predicted molar refractivity (Wildman–Crippen MR) is 39.8 cm³/mol. The summed E-state index contributed by atoms with van der Waals surface area (Å²) < 4.78 is 0. The minimum Gasteiger partial charge on any atom is -0.396 e. The highest BCUT2D eigenvalue weighted by Crippen LogP contribution is 2.43. The van der Waals surface area contributed by atoms with E-state index in [1.165, 1.54) is 25.7 Å². The van der Waals surface area contributed by atoms with Crippen molar-refractivity contribution in [3.63, 3.8) is 0 Å². The Hall–Kier alpha value is -0.0800. The Bertz CT molecular complexity index is 125. The average molecular weight is 141 g/mol. The van der Waals surface area contributed by atoms with E-state index in [0.717, 1.165) is 6.54 Å². The fourth-order valence-electron chi connectivity index (χ4n) is 2.52. The number of rotatable bonds is 1. The molecule has 2 rings (SSSR count). The Balaban J connectivity index is 2.15. The topological polar surface area (TPSA) is 32.3 Å². The molecule has 0 aromatic rings. The lowest BCUT2D eigenvalue weighted by atomic mass is 9.84. The van der Waals surface area contributed by atoms with Crippen molar-refractivity contribution in [2.45, 2.75) is 31.7 Å². The van der Waals surface area contributed by atoms with Crippen molar-refractivity contribution in [3.05, 3.63) is 0 Å². The van der Waals surface area contributed by atoms with Gasteiger partial charge in [-0.05, 0) is 25.8 Å². The highest BCUT2D eigenvalue weighted by Gasteiger charge is 2.45. The average Bonchev–Trinajstić information content (AvgIpc) is 2.42. The van der Waals surface area contributed by atoms with Crippen LogP contribution in [-0.2, 0) is 0 Å². The number of hydrogen-bond donors (Lipinski definition) is 2. The van der Waals surface area contributed by atoms with Crippen molar-refractivity contribution in [1.82, 2.24) is 5.32 Å². The molecule has 0 radical (unpaired) electrons. The molecule has 0 unspecified atom stereocenters. The molecular weight excluding hydrogens is 126 g/mol. The third-order valence-electron chi connectivity index (χ3n) is 3.24. The third kappa shape index (κ3) is 0.722. The summed E-state index contributed by atoms with van der Waals surface area (Å²) in [7, 11) is 0. The maximum Gasteiger partial charge on any atom is 0.0502 e. The van der Waals surface area contributed by atoms with Gasteiger partial charge in [0.1, 0.15) is 0 Å². The third-order valence-corrected chi connectivity index (χ3v) is 3.24. The molecule has 0 aromatic carbocycles. The van der Waals surface area contributed by atoms with Gasteiger partial charge in [-0.25, -0.2) is 0 Å². The lowest BCUT2D eigenvalue weighted by Crippen LogP contribution is -2.34. The highest BCUT2D eigenvalue weighted by molar-refractivity contribution is 5.00. The first kappa shape index (κ1) is 6.62. The number of aliphatic hydroxyl groups excluding tert-OH is 1. The maximum atomic E-state index is 9.19. The molecule has 0 amide bonds. The lowest BCUT2D eigenvalue weighted by Gasteiger charge is -2.25. The van der Waals surface area contributed by atoms with Crippen molar-refractivity contribution < 1.29 is 5.11 Å². The van der Waals surface area contributed by atoms with Crippen LogP contribution in [0.15, 0.2) is 0 Å². The molecule has 10 heavy (non-hydrogen) atoms. The highest BCUT2D eigenvalue weighted by atomic mass is 16.3. The van der Waals surface area contributed by atoms with Crippen molar-refractivity contribution in [3.8, 4) is 0 Å². The zero-order valence-corrected chi connectivity index (χ0v) is 6.27. The van der Waals surface area contributed by atoms with E-state index in [-0.39, 0.29) is 0 Å². The number of fused-ring (bicyclic) bond motifs is 1. The van der Waals surface area contributed by atoms with Crippen LogP contribution in [0.1, 0.15) is 25.7 Å². The number of nitrogens with one attached hydrogen (secondary N) is 1. The molecule has 0 aromatic heterocycles. The Kier molecular flexibility index (Phi) is 1.46. The molecule has 1 aliphatic carbocycles. The molecule has 1 aliphatic heterocycles. The van der Waals surface area contributed by atoms with Crippen LogP contribution in [0.3, 0.4) is 0 Å². The van der Waals surface area contributed by atoms with Crippen LogP contribution < -0.4 is 5.32 Å². The van der Waals surface area contributed by atoms with Gasteiger partial charge in [0.15, 0.2) is 0 Å². The number of hydrogen-bond acceptors (Lipinski definition) is 2. The van der Waals surface area contributed by atoms with Crippen LogP contribution in [0.4, 0.5) is 0 Å². The first-order valence-electron chi connectivity index (χ1n) is 4.22. The smallest absolute Gasteiger partial charge is 0.0502 e. The molecule has 1 saturated heterocycles. The van der Waals surface area contributed by atoms with Gasteiger partial charge in [-0.1, -0.05) is 6.42 Å². The molecule has 2 atom stereocenters. The van der Waals surface area contributed by atoms with Crippen molar-refractivity contribution in [1.29, 1.82) is 0 Å². The van der Waals surface area contributed by atoms with Crippen LogP contribution in [-0.4, -0.2) is 24.3 Å². The summed E-state index contributed by atoms with van der Waals surface area (Å²) in [5.41, 5.74) is 0.292. The van der Waals surface area contributed by atoms with E-state index in [1.807, 2.05) is 0 Å². The Morgan fingerprint density at radius 3 is 3.10 bits per heavy atom. The molecule has 0 spiro atoms. The summed E-state index contributed by atoms with van der Waals surface area (Å²) in [6.45, 7) is 1.51. The van der Waals surface area contributed by atoms with E-state index in [9.17, 15) is 5.11 Å². The van der Waals surface area contributed by atoms with E-state index < -0.39 is 0 Å². The minimum atomic E-state index is 0.292. The van der Waals surface area contributed by atoms with Gasteiger partial charge in [-0.2, -0.15) is 0 Å². The largest absolute Gasteiger partial charge is 0.396 e. The normalized spacial score (nSPS) is 45.9. The van der Waals surface area contributed by atoms with Crippen molar-refractivity contribution >= 4 is 0 Å². The molecule has 2 N–H and O–H groups in total. The SMILES string of the molecule is OC[C@]12CCC[C@@H]1NCC2. The van der Waals surface area contributed by atoms with Crippen molar-refractivity contribution in [2.75, 3.05) is 13.2 Å². The zero-order chi connectivity index (χ0) is 7.03. The van der Waals surface area contributed by atoms with Gasteiger partial charge in [0.2, 0.25) is 0 Å². The van der Waals surface area contributed by atoms with E-state index in [0.29, 0.717) is 18.1 Å². The molecular formula is C8H15NO. The van der Waals surface area contributed by atoms with Crippen LogP contribution >= 0.6 is 0 Å². The Labute approximate surface area is 61.6 Å². The van der Waals surface area contributed by atoms with Gasteiger partial charge in [-0.3, -0.25) is 0 Å². The quantitative estimate of drug-likeness (QED) is 0.557. The second kappa shape index (κ2) is 2.21. The summed E-state index contributed by atoms with van der Waals surface area (Å²) in [5.74, 6) is 0. The van der Waals surface area contributed by atoms with Crippen LogP contribution in [0.25, 0.3) is 0 Å². The van der Waals surface area contributed by atoms with Crippen LogP contribution in [0.5, 0.6) is 0 Å². The minimum absolute atomic E-state index is 0.292.